The summed E-state index contributed by atoms with van der Waals surface area (Å²) < 4.78 is 5.76. The van der Waals surface area contributed by atoms with E-state index in [1.165, 1.54) is 5.39 Å². The van der Waals surface area contributed by atoms with Crippen LogP contribution in [0.25, 0.3) is 10.9 Å². The van der Waals surface area contributed by atoms with E-state index in [9.17, 15) is 4.79 Å². The zero-order chi connectivity index (χ0) is 16.1. The number of amides is 1. The Balaban J connectivity index is 1.41. The maximum Gasteiger partial charge on any atom is 0.222 e. The summed E-state index contributed by atoms with van der Waals surface area (Å²) in [5, 5.41) is 1.18. The van der Waals surface area contributed by atoms with Crippen molar-refractivity contribution in [1.29, 1.82) is 0 Å². The van der Waals surface area contributed by atoms with Crippen molar-refractivity contribution < 1.29 is 9.53 Å². The topological polar surface area (TPSA) is 48.6 Å². The van der Waals surface area contributed by atoms with Crippen molar-refractivity contribution in [3.05, 3.63) is 30.5 Å². The standard InChI is InChI=1S/C18H25N3O2/c1-20-9-3-10-21(12-11-20)18(22)4-2-13-23-16-6-5-15-7-8-19-17(15)14-16/h5-8,14,19H,2-4,9-13H2,1H3. The predicted molar refractivity (Wildman–Crippen MR) is 91.7 cm³/mol. The Bertz CT molecular complexity index is 653. The minimum absolute atomic E-state index is 0.253. The van der Waals surface area contributed by atoms with Gasteiger partial charge in [0.1, 0.15) is 5.75 Å². The molecule has 1 N–H and O–H groups in total. The van der Waals surface area contributed by atoms with Crippen LogP contribution in [-0.2, 0) is 4.79 Å². The molecule has 0 aliphatic carbocycles. The van der Waals surface area contributed by atoms with Crippen molar-refractivity contribution in [3.8, 4) is 5.75 Å². The molecule has 124 valence electrons. The molecule has 23 heavy (non-hydrogen) atoms. The van der Waals surface area contributed by atoms with Crippen LogP contribution in [0.4, 0.5) is 0 Å². The zero-order valence-corrected chi connectivity index (χ0v) is 13.8. The number of rotatable bonds is 5. The molecule has 0 bridgehead atoms. The lowest BCUT2D eigenvalue weighted by Gasteiger charge is -2.20. The third-order valence-corrected chi connectivity index (χ3v) is 4.40. The smallest absolute Gasteiger partial charge is 0.222 e. The summed E-state index contributed by atoms with van der Waals surface area (Å²) in [5.74, 6) is 1.10. The molecule has 1 aliphatic heterocycles. The lowest BCUT2D eigenvalue weighted by atomic mass is 10.2. The third kappa shape index (κ3) is 4.26. The Morgan fingerprint density at radius 3 is 3.04 bits per heavy atom. The highest BCUT2D eigenvalue weighted by atomic mass is 16.5. The van der Waals surface area contributed by atoms with Gasteiger partial charge >= 0.3 is 0 Å². The van der Waals surface area contributed by atoms with E-state index in [1.807, 2.05) is 35.4 Å². The fraction of sp³-hybridized carbons (Fsp3) is 0.500. The van der Waals surface area contributed by atoms with Gasteiger partial charge in [0.25, 0.3) is 0 Å². The molecule has 0 radical (unpaired) electrons. The molecule has 1 amide bonds. The number of nitrogens with zero attached hydrogens (tertiary/aromatic N) is 2. The number of carbonyl (C=O) groups is 1. The first-order valence-electron chi connectivity index (χ1n) is 8.38. The number of hydrogen-bond donors (Lipinski definition) is 1. The van der Waals surface area contributed by atoms with Crippen LogP contribution in [0.3, 0.4) is 0 Å². The third-order valence-electron chi connectivity index (χ3n) is 4.40. The summed E-state index contributed by atoms with van der Waals surface area (Å²) in [7, 11) is 2.11. The maximum atomic E-state index is 12.3. The van der Waals surface area contributed by atoms with E-state index >= 15 is 0 Å². The molecule has 5 heteroatoms. The average molecular weight is 315 g/mol. The zero-order valence-electron chi connectivity index (χ0n) is 13.8. The molecule has 1 aromatic heterocycles. The number of nitrogens with one attached hydrogen (secondary N) is 1. The van der Waals surface area contributed by atoms with Gasteiger partial charge in [-0.15, -0.1) is 0 Å². The lowest BCUT2D eigenvalue weighted by Crippen LogP contribution is -2.34. The van der Waals surface area contributed by atoms with Gasteiger partial charge in [-0.05, 0) is 50.0 Å². The Hall–Kier alpha value is -2.01. The van der Waals surface area contributed by atoms with Gasteiger partial charge in [0.05, 0.1) is 6.61 Å². The quantitative estimate of drug-likeness (QED) is 0.863. The van der Waals surface area contributed by atoms with Crippen LogP contribution in [0.5, 0.6) is 5.75 Å². The molecule has 0 spiro atoms. The molecule has 1 aliphatic rings. The Morgan fingerprint density at radius 2 is 2.13 bits per heavy atom. The summed E-state index contributed by atoms with van der Waals surface area (Å²) in [5.41, 5.74) is 1.08. The van der Waals surface area contributed by atoms with Gasteiger partial charge in [-0.3, -0.25) is 4.79 Å². The van der Waals surface area contributed by atoms with Crippen LogP contribution >= 0.6 is 0 Å². The second-order valence-electron chi connectivity index (χ2n) is 6.22. The van der Waals surface area contributed by atoms with Crippen LogP contribution in [0.2, 0.25) is 0 Å². The highest BCUT2D eigenvalue weighted by Crippen LogP contribution is 2.19. The first kappa shape index (κ1) is 15.9. The van der Waals surface area contributed by atoms with Crippen LogP contribution in [0.1, 0.15) is 19.3 Å². The first-order valence-corrected chi connectivity index (χ1v) is 8.38. The molecule has 0 atom stereocenters. The highest BCUT2D eigenvalue weighted by molar-refractivity contribution is 5.80. The van der Waals surface area contributed by atoms with Gasteiger partial charge in [0, 0.05) is 43.8 Å². The molecule has 2 aromatic rings. The number of fused-ring (bicyclic) bond motifs is 1. The molecule has 3 rings (SSSR count). The fourth-order valence-electron chi connectivity index (χ4n) is 2.98. The number of aromatic amines is 1. The van der Waals surface area contributed by atoms with Gasteiger partial charge in [0.2, 0.25) is 5.91 Å². The van der Waals surface area contributed by atoms with Crippen molar-refractivity contribution >= 4 is 16.8 Å². The van der Waals surface area contributed by atoms with Crippen LogP contribution in [-0.4, -0.2) is 60.5 Å². The largest absolute Gasteiger partial charge is 0.494 e. The minimum atomic E-state index is 0.253. The van der Waals surface area contributed by atoms with E-state index in [0.717, 1.165) is 50.3 Å². The summed E-state index contributed by atoms with van der Waals surface area (Å²) in [6, 6.07) is 8.06. The lowest BCUT2D eigenvalue weighted by molar-refractivity contribution is -0.131. The van der Waals surface area contributed by atoms with Crippen LogP contribution in [0, 0.1) is 0 Å². The SMILES string of the molecule is CN1CCCN(C(=O)CCCOc2ccc3cc[nH]c3c2)CC1. The van der Waals surface area contributed by atoms with Crippen molar-refractivity contribution in [2.24, 2.45) is 0 Å². The van der Waals surface area contributed by atoms with E-state index in [0.29, 0.717) is 13.0 Å². The number of ether oxygens (including phenoxy) is 1. The summed E-state index contributed by atoms with van der Waals surface area (Å²) in [6.07, 6.45) is 4.31. The van der Waals surface area contributed by atoms with E-state index in [1.54, 1.807) is 0 Å². The molecule has 5 nitrogen and oxygen atoms in total. The summed E-state index contributed by atoms with van der Waals surface area (Å²) in [6.45, 7) is 4.35. The van der Waals surface area contributed by atoms with Gasteiger partial charge in [0.15, 0.2) is 0 Å². The van der Waals surface area contributed by atoms with Crippen LogP contribution < -0.4 is 4.74 Å². The average Bonchev–Trinajstić information content (AvgIpc) is 2.91. The summed E-state index contributed by atoms with van der Waals surface area (Å²) >= 11 is 0. The Morgan fingerprint density at radius 1 is 1.22 bits per heavy atom. The Kier molecular flexibility index (Phi) is 5.18. The first-order chi connectivity index (χ1) is 11.2. The number of aromatic nitrogens is 1. The number of hydrogen-bond acceptors (Lipinski definition) is 3. The van der Waals surface area contributed by atoms with Crippen molar-refractivity contribution in [3.63, 3.8) is 0 Å². The van der Waals surface area contributed by atoms with Crippen molar-refractivity contribution in [1.82, 2.24) is 14.8 Å². The molecule has 0 unspecified atom stereocenters. The molecular formula is C18H25N3O2. The van der Waals surface area contributed by atoms with E-state index in [4.69, 9.17) is 4.74 Å². The Labute approximate surface area is 137 Å². The summed E-state index contributed by atoms with van der Waals surface area (Å²) in [4.78, 5) is 19.7. The van der Waals surface area contributed by atoms with Crippen molar-refractivity contribution in [2.45, 2.75) is 19.3 Å². The van der Waals surface area contributed by atoms with Gasteiger partial charge in [-0.1, -0.05) is 0 Å². The molecule has 0 saturated carbocycles. The second-order valence-corrected chi connectivity index (χ2v) is 6.22. The predicted octanol–water partition coefficient (Wildman–Crippen LogP) is 2.49. The van der Waals surface area contributed by atoms with Gasteiger partial charge in [-0.2, -0.15) is 0 Å². The normalized spacial score (nSPS) is 16.5. The van der Waals surface area contributed by atoms with Crippen LogP contribution in [0.15, 0.2) is 30.5 Å². The highest BCUT2D eigenvalue weighted by Gasteiger charge is 2.16. The van der Waals surface area contributed by atoms with E-state index in [-0.39, 0.29) is 5.91 Å². The van der Waals surface area contributed by atoms with Gasteiger partial charge in [-0.25, -0.2) is 0 Å². The molecule has 2 heterocycles. The molecular weight excluding hydrogens is 290 g/mol. The van der Waals surface area contributed by atoms with Gasteiger partial charge < -0.3 is 19.5 Å². The minimum Gasteiger partial charge on any atom is -0.494 e. The molecule has 1 saturated heterocycles. The fourth-order valence-corrected chi connectivity index (χ4v) is 2.98. The monoisotopic (exact) mass is 315 g/mol. The molecule has 1 fully saturated rings. The van der Waals surface area contributed by atoms with E-state index < -0.39 is 0 Å². The maximum absolute atomic E-state index is 12.3. The van der Waals surface area contributed by atoms with Crippen molar-refractivity contribution in [2.75, 3.05) is 39.8 Å². The second kappa shape index (κ2) is 7.51. The van der Waals surface area contributed by atoms with E-state index in [2.05, 4.69) is 16.9 Å². The molecule has 1 aromatic carbocycles. The number of likely N-dealkylation sites (N-methyl/N-ethyl adjacent to an activating group) is 1. The number of benzene rings is 1. The number of H-pyrrole nitrogens is 1. The number of carbonyl (C=O) groups excluding carboxylic acids is 1.